The molecule has 1 aromatic heterocycles. The number of rotatable bonds is 8. The summed E-state index contributed by atoms with van der Waals surface area (Å²) in [7, 11) is 1.50. The highest BCUT2D eigenvalue weighted by molar-refractivity contribution is 5.97. The summed E-state index contributed by atoms with van der Waals surface area (Å²) >= 11 is 0. The summed E-state index contributed by atoms with van der Waals surface area (Å²) in [6, 6.07) is 5.13. The number of nitrogens with zero attached hydrogens (tertiary/aromatic N) is 1. The zero-order valence-electron chi connectivity index (χ0n) is 15.6. The van der Waals surface area contributed by atoms with Crippen molar-refractivity contribution < 1.29 is 23.6 Å². The Kier molecular flexibility index (Phi) is 5.63. The van der Waals surface area contributed by atoms with Crippen molar-refractivity contribution in [3.8, 4) is 11.5 Å². The first-order valence-electron chi connectivity index (χ1n) is 8.78. The third kappa shape index (κ3) is 4.78. The van der Waals surface area contributed by atoms with E-state index in [-0.39, 0.29) is 31.0 Å². The molecular formula is C19H23N3O5. The number of amides is 2. The number of methoxy groups -OCH3 is 1. The molecule has 1 aliphatic rings. The number of aryl methyl sites for hydroxylation is 2. The molecule has 1 saturated carbocycles. The van der Waals surface area contributed by atoms with E-state index in [0.29, 0.717) is 22.8 Å². The molecule has 1 aliphatic carbocycles. The van der Waals surface area contributed by atoms with Gasteiger partial charge >= 0.3 is 0 Å². The van der Waals surface area contributed by atoms with Gasteiger partial charge in [-0.1, -0.05) is 5.16 Å². The van der Waals surface area contributed by atoms with Gasteiger partial charge in [0.2, 0.25) is 5.91 Å². The van der Waals surface area contributed by atoms with Crippen molar-refractivity contribution >= 4 is 11.8 Å². The van der Waals surface area contributed by atoms with Crippen LogP contribution in [0.25, 0.3) is 0 Å². The molecule has 144 valence electrons. The van der Waals surface area contributed by atoms with Gasteiger partial charge in [0.1, 0.15) is 12.4 Å². The first-order chi connectivity index (χ1) is 13.0. The first kappa shape index (κ1) is 18.8. The van der Waals surface area contributed by atoms with Crippen LogP contribution < -0.4 is 20.1 Å². The monoisotopic (exact) mass is 373 g/mol. The van der Waals surface area contributed by atoms with Crippen LogP contribution in [0.15, 0.2) is 22.7 Å². The Labute approximate surface area is 157 Å². The number of hydrogen-bond donors (Lipinski definition) is 2. The highest BCUT2D eigenvalue weighted by atomic mass is 16.5. The maximum absolute atomic E-state index is 12.3. The minimum atomic E-state index is -0.350. The molecule has 3 rings (SSSR count). The van der Waals surface area contributed by atoms with Crippen LogP contribution in [0.4, 0.5) is 0 Å². The third-order valence-electron chi connectivity index (χ3n) is 4.33. The van der Waals surface area contributed by atoms with Crippen molar-refractivity contribution in [1.82, 2.24) is 15.8 Å². The van der Waals surface area contributed by atoms with E-state index in [2.05, 4.69) is 15.8 Å². The molecule has 2 amide bonds. The van der Waals surface area contributed by atoms with Crippen molar-refractivity contribution in [3.05, 3.63) is 40.8 Å². The van der Waals surface area contributed by atoms with Crippen molar-refractivity contribution in [3.63, 3.8) is 0 Å². The maximum Gasteiger partial charge on any atom is 0.251 e. The molecular weight excluding hydrogens is 350 g/mol. The molecule has 0 atom stereocenters. The summed E-state index contributed by atoms with van der Waals surface area (Å²) < 4.78 is 16.2. The lowest BCUT2D eigenvalue weighted by Crippen LogP contribution is -2.37. The number of hydrogen-bond acceptors (Lipinski definition) is 6. The summed E-state index contributed by atoms with van der Waals surface area (Å²) in [4.78, 5) is 23.9. The number of carbonyl (C=O) groups is 2. The predicted octanol–water partition coefficient (Wildman–Crippen LogP) is 1.89. The van der Waals surface area contributed by atoms with Crippen molar-refractivity contribution in [2.75, 3.05) is 13.7 Å². The molecule has 8 nitrogen and oxygen atoms in total. The molecule has 1 heterocycles. The molecule has 0 saturated heterocycles. The molecule has 27 heavy (non-hydrogen) atoms. The summed E-state index contributed by atoms with van der Waals surface area (Å²) in [5.74, 6) is 1.10. The Bertz CT molecular complexity index is 822. The minimum Gasteiger partial charge on any atom is -0.493 e. The first-order valence-corrected chi connectivity index (χ1v) is 8.78. The van der Waals surface area contributed by atoms with E-state index in [4.69, 9.17) is 14.0 Å². The van der Waals surface area contributed by atoms with E-state index in [1.54, 1.807) is 18.2 Å². The maximum atomic E-state index is 12.3. The van der Waals surface area contributed by atoms with Crippen molar-refractivity contribution in [2.24, 2.45) is 0 Å². The average Bonchev–Trinajstić information content (AvgIpc) is 3.42. The second-order valence-corrected chi connectivity index (χ2v) is 6.48. The van der Waals surface area contributed by atoms with E-state index in [0.717, 1.165) is 24.1 Å². The molecule has 2 aromatic rings. The number of ether oxygens (including phenoxy) is 2. The van der Waals surface area contributed by atoms with Crippen LogP contribution in [0, 0.1) is 13.8 Å². The Morgan fingerprint density at radius 3 is 2.67 bits per heavy atom. The Balaban J connectivity index is 1.60. The highest BCUT2D eigenvalue weighted by Crippen LogP contribution is 2.29. The van der Waals surface area contributed by atoms with Crippen LogP contribution in [-0.2, 0) is 11.4 Å². The van der Waals surface area contributed by atoms with Crippen LogP contribution in [-0.4, -0.2) is 36.7 Å². The smallest absolute Gasteiger partial charge is 0.251 e. The summed E-state index contributed by atoms with van der Waals surface area (Å²) in [5, 5.41) is 9.32. The number of carbonyl (C=O) groups excluding carboxylic acids is 2. The van der Waals surface area contributed by atoms with Crippen LogP contribution in [0.3, 0.4) is 0 Å². The lowest BCUT2D eigenvalue weighted by Gasteiger charge is -2.12. The van der Waals surface area contributed by atoms with E-state index in [9.17, 15) is 9.59 Å². The fourth-order valence-electron chi connectivity index (χ4n) is 2.55. The normalized spacial score (nSPS) is 13.1. The molecule has 0 unspecified atom stereocenters. The van der Waals surface area contributed by atoms with E-state index >= 15 is 0 Å². The minimum absolute atomic E-state index is 0.0536. The van der Waals surface area contributed by atoms with Crippen LogP contribution >= 0.6 is 0 Å². The summed E-state index contributed by atoms with van der Waals surface area (Å²) in [6.45, 7) is 3.90. The van der Waals surface area contributed by atoms with Gasteiger partial charge in [0, 0.05) is 11.6 Å². The van der Waals surface area contributed by atoms with Gasteiger partial charge in [0.15, 0.2) is 11.5 Å². The second-order valence-electron chi connectivity index (χ2n) is 6.48. The average molecular weight is 373 g/mol. The van der Waals surface area contributed by atoms with Crippen LogP contribution in [0.2, 0.25) is 0 Å². The fourth-order valence-corrected chi connectivity index (χ4v) is 2.55. The van der Waals surface area contributed by atoms with Gasteiger partial charge < -0.3 is 24.6 Å². The largest absolute Gasteiger partial charge is 0.493 e. The van der Waals surface area contributed by atoms with E-state index in [1.807, 2.05) is 13.8 Å². The topological polar surface area (TPSA) is 103 Å². The Hall–Kier alpha value is -3.03. The lowest BCUT2D eigenvalue weighted by atomic mass is 10.2. The van der Waals surface area contributed by atoms with Gasteiger partial charge in [-0.25, -0.2) is 0 Å². The number of nitrogens with one attached hydrogen (secondary N) is 2. The molecule has 8 heteroatoms. The Morgan fingerprint density at radius 2 is 2.04 bits per heavy atom. The van der Waals surface area contributed by atoms with Gasteiger partial charge in [0.05, 0.1) is 24.9 Å². The molecule has 1 aromatic carbocycles. The number of aromatic nitrogens is 1. The van der Waals surface area contributed by atoms with Gasteiger partial charge in [-0.3, -0.25) is 9.59 Å². The third-order valence-corrected chi connectivity index (χ3v) is 4.33. The molecule has 0 aliphatic heterocycles. The van der Waals surface area contributed by atoms with E-state index < -0.39 is 0 Å². The molecule has 0 radical (unpaired) electrons. The van der Waals surface area contributed by atoms with Crippen molar-refractivity contribution in [1.29, 1.82) is 0 Å². The summed E-state index contributed by atoms with van der Waals surface area (Å²) in [6.07, 6.45) is 2.01. The quantitative estimate of drug-likeness (QED) is 0.732. The zero-order valence-corrected chi connectivity index (χ0v) is 15.6. The van der Waals surface area contributed by atoms with Gasteiger partial charge in [0.25, 0.3) is 5.91 Å². The molecule has 1 fully saturated rings. The predicted molar refractivity (Wildman–Crippen MR) is 96.8 cm³/mol. The van der Waals surface area contributed by atoms with Crippen LogP contribution in [0.5, 0.6) is 11.5 Å². The zero-order chi connectivity index (χ0) is 19.4. The second kappa shape index (κ2) is 8.11. The SMILES string of the molecule is COc1cc(C(=O)NCC(=O)NC2CC2)ccc1OCc1c(C)noc1C. The highest BCUT2D eigenvalue weighted by Gasteiger charge is 2.23. The number of benzene rings is 1. The van der Waals surface area contributed by atoms with E-state index in [1.165, 1.54) is 7.11 Å². The van der Waals surface area contributed by atoms with Gasteiger partial charge in [-0.05, 0) is 44.9 Å². The fraction of sp³-hybridized carbons (Fsp3) is 0.421. The standard InChI is InChI=1S/C19H23N3O5/c1-11-15(12(2)27-22-11)10-26-16-7-4-13(8-17(16)25-3)19(24)20-9-18(23)21-14-5-6-14/h4,7-8,14H,5-6,9-10H2,1-3H3,(H,20,24)(H,21,23). The summed E-state index contributed by atoms with van der Waals surface area (Å²) in [5.41, 5.74) is 2.03. The van der Waals surface area contributed by atoms with Crippen molar-refractivity contribution in [2.45, 2.75) is 39.3 Å². The molecule has 0 bridgehead atoms. The molecule has 2 N–H and O–H groups in total. The lowest BCUT2D eigenvalue weighted by molar-refractivity contribution is -0.120. The van der Waals surface area contributed by atoms with Crippen LogP contribution in [0.1, 0.15) is 40.2 Å². The van der Waals surface area contributed by atoms with Gasteiger partial charge in [-0.2, -0.15) is 0 Å². The molecule has 0 spiro atoms. The van der Waals surface area contributed by atoms with Gasteiger partial charge in [-0.15, -0.1) is 0 Å². The Morgan fingerprint density at radius 1 is 1.26 bits per heavy atom.